The zero-order chi connectivity index (χ0) is 32.1. The zero-order valence-corrected chi connectivity index (χ0v) is 25.4. The Hall–Kier alpha value is -2.70. The van der Waals surface area contributed by atoms with Crippen LogP contribution in [0.2, 0.25) is 0 Å². The van der Waals surface area contributed by atoms with Crippen LogP contribution in [0.5, 0.6) is 0 Å². The molecule has 44 heavy (non-hydrogen) atoms. The molecular weight excluding hydrogens is 611 g/mol. The van der Waals surface area contributed by atoms with E-state index in [1.807, 2.05) is 6.92 Å². The molecule has 4 saturated carbocycles. The Morgan fingerprint density at radius 2 is 1.43 bits per heavy atom. The van der Waals surface area contributed by atoms with E-state index in [0.717, 1.165) is 6.42 Å². The highest BCUT2D eigenvalue weighted by Gasteiger charge is 2.67. The van der Waals surface area contributed by atoms with Crippen molar-refractivity contribution in [1.82, 2.24) is 0 Å². The molecule has 7 nitrogen and oxygen atoms in total. The van der Waals surface area contributed by atoms with Crippen LogP contribution in [0.25, 0.3) is 0 Å². The van der Waals surface area contributed by atoms with Crippen molar-refractivity contribution in [2.45, 2.75) is 88.9 Å². The number of fused-ring (bicyclic) bond motifs is 5. The number of hydrogen-bond acceptors (Lipinski definition) is 8. The van der Waals surface area contributed by atoms with Crippen molar-refractivity contribution >= 4 is 36.3 Å². The Bertz CT molecular complexity index is 1300. The number of hydrogen-bond donors (Lipinski definition) is 0. The molecule has 11 atom stereocenters. The molecule has 0 unspecified atom stereocenters. The van der Waals surface area contributed by atoms with Crippen molar-refractivity contribution in [3.63, 3.8) is 0 Å². The molecule has 13 heteroatoms. The topological polar surface area (TPSA) is 96.0 Å². The van der Waals surface area contributed by atoms with Crippen LogP contribution in [-0.4, -0.2) is 42.8 Å². The molecule has 0 saturated heterocycles. The van der Waals surface area contributed by atoms with Gasteiger partial charge in [-0.25, -0.2) is 22.0 Å². The number of benzene rings is 1. The monoisotopic (exact) mass is 646 g/mol. The summed E-state index contributed by atoms with van der Waals surface area (Å²) in [5, 5.41) is -0.781. The summed E-state index contributed by atoms with van der Waals surface area (Å²) in [6, 6.07) is 0. The minimum absolute atomic E-state index is 0.0223. The van der Waals surface area contributed by atoms with Crippen LogP contribution in [0, 0.1) is 75.4 Å². The average molecular weight is 647 g/mol. The van der Waals surface area contributed by atoms with Crippen molar-refractivity contribution in [2.24, 2.45) is 46.3 Å². The molecule has 4 aliphatic carbocycles. The van der Waals surface area contributed by atoms with Gasteiger partial charge in [0.1, 0.15) is 18.3 Å². The van der Waals surface area contributed by atoms with Gasteiger partial charge < -0.3 is 14.2 Å². The molecule has 0 aliphatic heterocycles. The first-order valence-corrected chi connectivity index (χ1v) is 15.7. The van der Waals surface area contributed by atoms with Crippen molar-refractivity contribution < 1.29 is 55.3 Å². The van der Waals surface area contributed by atoms with Gasteiger partial charge in [-0.1, -0.05) is 20.8 Å². The molecule has 0 radical (unpaired) electrons. The number of halogens is 5. The number of carbonyl (C=O) groups is 4. The lowest BCUT2D eigenvalue weighted by Crippen LogP contribution is -2.63. The smallest absolute Gasteiger partial charge is 0.293 e. The summed E-state index contributed by atoms with van der Waals surface area (Å²) in [5.74, 6) is -12.4. The van der Waals surface area contributed by atoms with E-state index in [0.29, 0.717) is 57.9 Å². The molecule has 4 aliphatic rings. The summed E-state index contributed by atoms with van der Waals surface area (Å²) in [4.78, 5) is 46.7. The molecule has 1 aromatic carbocycles. The fourth-order valence-electron chi connectivity index (χ4n) is 9.67. The summed E-state index contributed by atoms with van der Waals surface area (Å²) < 4.78 is 86.9. The van der Waals surface area contributed by atoms with Gasteiger partial charge in [0.15, 0.2) is 28.4 Å². The standard InChI is InChI=1S/C31H35F5O7S/c1-14(29(40)44-28-26(35)24(33)23(32)25(34)27(28)36)17-4-5-18-22-19(10-21(43-13-39)31(17,18)3)30(2)7-6-16(41-11-37)8-15(30)9-20(22)42-12-38/h11-22H,4-10H2,1-3H3/t14-,15-,16+,17+,18-,19-,20+,21-,22-,30-,31+/m0/s1. The van der Waals surface area contributed by atoms with Gasteiger partial charge in [0.25, 0.3) is 19.4 Å². The van der Waals surface area contributed by atoms with Gasteiger partial charge in [0.2, 0.25) is 5.82 Å². The van der Waals surface area contributed by atoms with Crippen molar-refractivity contribution in [3.8, 4) is 0 Å². The van der Waals surface area contributed by atoms with Crippen molar-refractivity contribution in [2.75, 3.05) is 0 Å². The number of carbonyl (C=O) groups excluding carboxylic acids is 4. The molecule has 4 fully saturated rings. The quantitative estimate of drug-likeness (QED) is 0.0789. The van der Waals surface area contributed by atoms with Gasteiger partial charge in [-0.2, -0.15) is 0 Å². The first-order chi connectivity index (χ1) is 20.8. The van der Waals surface area contributed by atoms with E-state index in [2.05, 4.69) is 6.92 Å². The lowest BCUT2D eigenvalue weighted by Gasteiger charge is -2.63. The Morgan fingerprint density at radius 3 is 2.05 bits per heavy atom. The number of ether oxygens (including phenoxy) is 3. The maximum atomic E-state index is 14.4. The maximum Gasteiger partial charge on any atom is 0.293 e. The molecule has 0 spiro atoms. The molecule has 242 valence electrons. The summed E-state index contributed by atoms with van der Waals surface area (Å²) >= 11 is -0.0223. The summed E-state index contributed by atoms with van der Waals surface area (Å²) in [7, 11) is 0. The molecule has 0 heterocycles. The molecule has 0 aromatic heterocycles. The van der Waals surface area contributed by atoms with E-state index in [1.54, 1.807) is 6.92 Å². The largest absolute Gasteiger partial charge is 0.465 e. The van der Waals surface area contributed by atoms with Gasteiger partial charge in [0.05, 0.1) is 4.90 Å². The van der Waals surface area contributed by atoms with E-state index in [1.165, 1.54) is 0 Å². The normalized spacial score (nSPS) is 38.4. The fourth-order valence-corrected chi connectivity index (χ4v) is 10.6. The lowest BCUT2D eigenvalue weighted by molar-refractivity contribution is -0.217. The van der Waals surface area contributed by atoms with Crippen LogP contribution in [0.15, 0.2) is 4.90 Å². The molecule has 1 aromatic rings. The molecule has 0 amide bonds. The van der Waals surface area contributed by atoms with Gasteiger partial charge in [-0.3, -0.25) is 19.2 Å². The highest BCUT2D eigenvalue weighted by Crippen LogP contribution is 2.69. The second-order valence-corrected chi connectivity index (χ2v) is 14.3. The fraction of sp³-hybridized carbons (Fsp3) is 0.677. The molecule has 5 rings (SSSR count). The molecule has 0 bridgehead atoms. The van der Waals surface area contributed by atoms with Gasteiger partial charge in [-0.15, -0.1) is 0 Å². The van der Waals surface area contributed by atoms with Crippen LogP contribution >= 0.6 is 11.8 Å². The minimum Gasteiger partial charge on any atom is -0.465 e. The molecule has 0 N–H and O–H groups in total. The van der Waals surface area contributed by atoms with E-state index in [9.17, 15) is 41.1 Å². The van der Waals surface area contributed by atoms with Crippen LogP contribution in [-0.2, 0) is 33.4 Å². The Morgan fingerprint density at radius 1 is 0.818 bits per heavy atom. The van der Waals surface area contributed by atoms with Gasteiger partial charge >= 0.3 is 0 Å². The lowest BCUT2D eigenvalue weighted by atomic mass is 9.43. The number of thioether (sulfide) groups is 1. The second kappa shape index (κ2) is 12.2. The third-order valence-electron chi connectivity index (χ3n) is 11.8. The predicted molar refractivity (Wildman–Crippen MR) is 145 cm³/mol. The first-order valence-electron chi connectivity index (χ1n) is 14.8. The third kappa shape index (κ3) is 5.01. The summed E-state index contributed by atoms with van der Waals surface area (Å²) in [6.45, 7) is 6.89. The van der Waals surface area contributed by atoms with E-state index in [4.69, 9.17) is 14.2 Å². The maximum absolute atomic E-state index is 14.4. The van der Waals surface area contributed by atoms with Gasteiger partial charge in [-0.05, 0) is 85.8 Å². The SMILES string of the molecule is C[C@H](C(=O)Sc1c(F)c(F)c(F)c(F)c1F)[C@H]1CC[C@H]2[C@@H]3[C@H](OC=O)C[C@@H]4C[C@H](OC=O)CC[C@]4(C)[C@H]3C[C@H](OC=O)[C@]12C. The third-order valence-corrected chi connectivity index (χ3v) is 12.9. The van der Waals surface area contributed by atoms with E-state index >= 15 is 0 Å². The van der Waals surface area contributed by atoms with Crippen molar-refractivity contribution in [3.05, 3.63) is 29.1 Å². The zero-order valence-electron chi connectivity index (χ0n) is 24.5. The van der Waals surface area contributed by atoms with Crippen molar-refractivity contribution in [1.29, 1.82) is 0 Å². The summed E-state index contributed by atoms with van der Waals surface area (Å²) in [5.41, 5.74) is -1.05. The Labute approximate surface area is 255 Å². The highest BCUT2D eigenvalue weighted by molar-refractivity contribution is 8.13. The van der Waals surface area contributed by atoms with Crippen LogP contribution in [0.1, 0.15) is 65.7 Å². The minimum atomic E-state index is -2.30. The Kier molecular flexibility index (Phi) is 9.10. The number of rotatable bonds is 9. The van der Waals surface area contributed by atoms with Gasteiger partial charge in [0, 0.05) is 17.3 Å². The van der Waals surface area contributed by atoms with Crippen LogP contribution in [0.4, 0.5) is 22.0 Å². The first kappa shape index (κ1) is 32.7. The van der Waals surface area contributed by atoms with Crippen LogP contribution < -0.4 is 0 Å². The average Bonchev–Trinajstić information content (AvgIpc) is 3.36. The predicted octanol–water partition coefficient (Wildman–Crippen LogP) is 6.14. The van der Waals surface area contributed by atoms with Crippen LogP contribution in [0.3, 0.4) is 0 Å². The van der Waals surface area contributed by atoms with E-state index in [-0.39, 0.29) is 47.0 Å². The summed E-state index contributed by atoms with van der Waals surface area (Å²) in [6.07, 6.45) is 2.69. The second-order valence-electron chi connectivity index (χ2n) is 13.2. The molecular formula is C31H35F5O7S. The Balaban J connectivity index is 1.47. The highest BCUT2D eigenvalue weighted by atomic mass is 32.2. The van der Waals surface area contributed by atoms with E-state index < -0.39 is 68.6 Å².